The molecular formula is C13H26BrNO. The van der Waals surface area contributed by atoms with Crippen LogP contribution in [0.2, 0.25) is 0 Å². The quantitative estimate of drug-likeness (QED) is 0.668. The molecule has 0 aromatic heterocycles. The molecule has 1 saturated heterocycles. The lowest BCUT2D eigenvalue weighted by atomic mass is 9.84. The summed E-state index contributed by atoms with van der Waals surface area (Å²) in [4.78, 5) is 2.45. The number of hydrogen-bond donors (Lipinski definition) is 0. The first-order valence-electron chi connectivity index (χ1n) is 6.52. The Morgan fingerprint density at radius 3 is 2.50 bits per heavy atom. The van der Waals surface area contributed by atoms with Crippen LogP contribution in [0.1, 0.15) is 39.5 Å². The highest BCUT2D eigenvalue weighted by atomic mass is 79.9. The average molecular weight is 292 g/mol. The molecule has 0 amide bonds. The summed E-state index contributed by atoms with van der Waals surface area (Å²) in [5.74, 6) is 0. The van der Waals surface area contributed by atoms with Gasteiger partial charge in [-0.05, 0) is 38.1 Å². The van der Waals surface area contributed by atoms with Gasteiger partial charge >= 0.3 is 0 Å². The van der Waals surface area contributed by atoms with Crippen LogP contribution >= 0.6 is 15.9 Å². The van der Waals surface area contributed by atoms with Crippen molar-refractivity contribution in [2.24, 2.45) is 5.41 Å². The summed E-state index contributed by atoms with van der Waals surface area (Å²) in [5, 5.41) is 1.10. The first-order chi connectivity index (χ1) is 7.65. The van der Waals surface area contributed by atoms with E-state index in [0.29, 0.717) is 11.5 Å². The predicted molar refractivity (Wildman–Crippen MR) is 73.3 cm³/mol. The molecule has 2 nitrogen and oxygen atoms in total. The van der Waals surface area contributed by atoms with Gasteiger partial charge in [0, 0.05) is 25.0 Å². The van der Waals surface area contributed by atoms with Gasteiger partial charge in [-0.3, -0.25) is 0 Å². The first-order valence-corrected chi connectivity index (χ1v) is 7.64. The maximum absolute atomic E-state index is 5.69. The molecule has 1 rings (SSSR count). The zero-order valence-corrected chi connectivity index (χ0v) is 12.6. The third-order valence-electron chi connectivity index (χ3n) is 3.93. The summed E-state index contributed by atoms with van der Waals surface area (Å²) in [6, 6.07) is 0. The third kappa shape index (κ3) is 4.01. The number of likely N-dealkylation sites (N-methyl/N-ethyl adjacent to an activating group) is 1. The van der Waals surface area contributed by atoms with E-state index in [1.807, 2.05) is 0 Å². The Kier molecular flexibility index (Phi) is 6.30. The van der Waals surface area contributed by atoms with E-state index in [-0.39, 0.29) is 0 Å². The van der Waals surface area contributed by atoms with E-state index in [2.05, 4.69) is 41.7 Å². The molecule has 0 radical (unpaired) electrons. The van der Waals surface area contributed by atoms with Crippen molar-refractivity contribution in [2.75, 3.05) is 32.1 Å². The van der Waals surface area contributed by atoms with E-state index >= 15 is 0 Å². The van der Waals surface area contributed by atoms with Gasteiger partial charge in [0.15, 0.2) is 0 Å². The van der Waals surface area contributed by atoms with Gasteiger partial charge in [0.25, 0.3) is 0 Å². The summed E-state index contributed by atoms with van der Waals surface area (Å²) in [5.41, 5.74) is 0.438. The van der Waals surface area contributed by atoms with Crippen molar-refractivity contribution in [2.45, 2.75) is 45.6 Å². The van der Waals surface area contributed by atoms with Crippen molar-refractivity contribution in [3.63, 3.8) is 0 Å². The SMILES string of the molecule is CCC(CC)(CBr)CN(C)CC1CCCO1. The summed E-state index contributed by atoms with van der Waals surface area (Å²) < 4.78 is 5.69. The largest absolute Gasteiger partial charge is 0.377 e. The highest BCUT2D eigenvalue weighted by molar-refractivity contribution is 9.09. The molecule has 0 saturated carbocycles. The number of ether oxygens (including phenoxy) is 1. The number of nitrogens with zero attached hydrogens (tertiary/aromatic N) is 1. The minimum Gasteiger partial charge on any atom is -0.377 e. The highest BCUT2D eigenvalue weighted by Gasteiger charge is 2.27. The number of rotatable bonds is 7. The van der Waals surface area contributed by atoms with Gasteiger partial charge in [-0.2, -0.15) is 0 Å². The van der Waals surface area contributed by atoms with Crippen molar-refractivity contribution < 1.29 is 4.74 Å². The molecule has 96 valence electrons. The van der Waals surface area contributed by atoms with Gasteiger partial charge in [0.1, 0.15) is 0 Å². The molecule has 1 heterocycles. The fourth-order valence-electron chi connectivity index (χ4n) is 2.48. The van der Waals surface area contributed by atoms with Gasteiger partial charge < -0.3 is 9.64 Å². The standard InChI is InChI=1S/C13H26BrNO/c1-4-13(5-2,10-14)11-15(3)9-12-7-6-8-16-12/h12H,4-11H2,1-3H3. The van der Waals surface area contributed by atoms with E-state index in [1.54, 1.807) is 0 Å². The fraction of sp³-hybridized carbons (Fsp3) is 1.00. The predicted octanol–water partition coefficient (Wildman–Crippen LogP) is 3.30. The molecule has 1 aliphatic heterocycles. The summed E-state index contributed by atoms with van der Waals surface area (Å²) >= 11 is 3.68. The van der Waals surface area contributed by atoms with Gasteiger partial charge in [-0.25, -0.2) is 0 Å². The minimum atomic E-state index is 0.438. The minimum absolute atomic E-state index is 0.438. The van der Waals surface area contributed by atoms with Crippen LogP contribution in [0.4, 0.5) is 0 Å². The normalized spacial score (nSPS) is 21.9. The lowest BCUT2D eigenvalue weighted by Crippen LogP contribution is -2.39. The molecule has 16 heavy (non-hydrogen) atoms. The lowest BCUT2D eigenvalue weighted by molar-refractivity contribution is 0.0667. The Balaban J connectivity index is 2.38. The van der Waals surface area contributed by atoms with Crippen LogP contribution in [0.3, 0.4) is 0 Å². The van der Waals surface area contributed by atoms with Gasteiger partial charge in [-0.15, -0.1) is 0 Å². The van der Waals surface area contributed by atoms with Crippen molar-refractivity contribution in [1.82, 2.24) is 4.90 Å². The van der Waals surface area contributed by atoms with E-state index in [9.17, 15) is 0 Å². The second-order valence-corrected chi connectivity index (χ2v) is 5.73. The lowest BCUT2D eigenvalue weighted by Gasteiger charge is -2.35. The maximum atomic E-state index is 5.69. The van der Waals surface area contributed by atoms with Crippen LogP contribution in [-0.4, -0.2) is 43.1 Å². The van der Waals surface area contributed by atoms with E-state index in [4.69, 9.17) is 4.74 Å². The molecule has 0 aromatic rings. The zero-order valence-electron chi connectivity index (χ0n) is 11.0. The van der Waals surface area contributed by atoms with Gasteiger partial charge in [0.2, 0.25) is 0 Å². The van der Waals surface area contributed by atoms with E-state index in [1.165, 1.54) is 32.2 Å². The summed E-state index contributed by atoms with van der Waals surface area (Å²) in [6.45, 7) is 7.82. The second kappa shape index (κ2) is 6.97. The fourth-order valence-corrected chi connectivity index (χ4v) is 3.45. The van der Waals surface area contributed by atoms with Crippen LogP contribution in [0, 0.1) is 5.41 Å². The Morgan fingerprint density at radius 2 is 2.06 bits per heavy atom. The van der Waals surface area contributed by atoms with Gasteiger partial charge in [-0.1, -0.05) is 29.8 Å². The topological polar surface area (TPSA) is 12.5 Å². The smallest absolute Gasteiger partial charge is 0.0702 e. The molecule has 1 fully saturated rings. The van der Waals surface area contributed by atoms with Crippen molar-refractivity contribution in [3.05, 3.63) is 0 Å². The molecule has 0 aromatic carbocycles. The number of halogens is 1. The van der Waals surface area contributed by atoms with E-state index in [0.717, 1.165) is 18.5 Å². The van der Waals surface area contributed by atoms with Crippen molar-refractivity contribution >= 4 is 15.9 Å². The molecule has 3 heteroatoms. The summed E-state index contributed by atoms with van der Waals surface area (Å²) in [6.07, 6.45) is 5.44. The molecule has 0 N–H and O–H groups in total. The molecule has 0 spiro atoms. The zero-order chi connectivity index (χ0) is 12.0. The van der Waals surface area contributed by atoms with Crippen molar-refractivity contribution in [3.8, 4) is 0 Å². The third-order valence-corrected chi connectivity index (χ3v) is 5.12. The molecule has 1 unspecified atom stereocenters. The molecule has 0 bridgehead atoms. The van der Waals surface area contributed by atoms with Crippen LogP contribution in [-0.2, 0) is 4.74 Å². The first kappa shape index (κ1) is 14.5. The van der Waals surface area contributed by atoms with Crippen molar-refractivity contribution in [1.29, 1.82) is 0 Å². The number of alkyl halides is 1. The highest BCUT2D eigenvalue weighted by Crippen LogP contribution is 2.29. The summed E-state index contributed by atoms with van der Waals surface area (Å²) in [7, 11) is 2.23. The molecule has 1 atom stereocenters. The maximum Gasteiger partial charge on any atom is 0.0702 e. The monoisotopic (exact) mass is 291 g/mol. The van der Waals surface area contributed by atoms with Crippen LogP contribution in [0.5, 0.6) is 0 Å². The number of hydrogen-bond acceptors (Lipinski definition) is 2. The van der Waals surface area contributed by atoms with E-state index < -0.39 is 0 Å². The molecule has 0 aliphatic carbocycles. The van der Waals surface area contributed by atoms with Crippen LogP contribution < -0.4 is 0 Å². The van der Waals surface area contributed by atoms with Gasteiger partial charge in [0.05, 0.1) is 6.10 Å². The van der Waals surface area contributed by atoms with Crippen LogP contribution in [0.15, 0.2) is 0 Å². The Hall–Kier alpha value is 0.400. The Bertz CT molecular complexity index is 180. The molecular weight excluding hydrogens is 266 g/mol. The second-order valence-electron chi connectivity index (χ2n) is 5.17. The molecule has 1 aliphatic rings. The Labute approximate surface area is 109 Å². The Morgan fingerprint density at radius 1 is 1.38 bits per heavy atom. The van der Waals surface area contributed by atoms with Crippen LogP contribution in [0.25, 0.3) is 0 Å². The average Bonchev–Trinajstić information content (AvgIpc) is 2.79.